The maximum atomic E-state index is 12.4. The molecular formula is C18H12Cl2N4OS. The Hall–Kier alpha value is -2.28. The number of hydrogen-bond donors (Lipinski definition) is 1. The van der Waals surface area contributed by atoms with Crippen LogP contribution >= 0.6 is 35.0 Å². The lowest BCUT2D eigenvalue weighted by atomic mass is 10.2. The summed E-state index contributed by atoms with van der Waals surface area (Å²) in [5.74, 6) is 0.664. The summed E-state index contributed by atoms with van der Waals surface area (Å²) in [5.41, 5.74) is 2.11. The molecule has 0 aliphatic carbocycles. The first-order valence-corrected chi connectivity index (χ1v) is 9.45. The van der Waals surface area contributed by atoms with Crippen LogP contribution in [0.5, 0.6) is 0 Å². The molecule has 0 atom stereocenters. The zero-order chi connectivity index (χ0) is 18.1. The van der Waals surface area contributed by atoms with Crippen LogP contribution in [-0.2, 0) is 5.75 Å². The Kier molecular flexibility index (Phi) is 4.72. The van der Waals surface area contributed by atoms with Crippen molar-refractivity contribution in [3.8, 4) is 5.69 Å². The van der Waals surface area contributed by atoms with E-state index in [0.717, 1.165) is 11.3 Å². The predicted octanol–water partition coefficient (Wildman–Crippen LogP) is 4.71. The van der Waals surface area contributed by atoms with E-state index >= 15 is 0 Å². The first-order valence-electron chi connectivity index (χ1n) is 7.71. The van der Waals surface area contributed by atoms with E-state index in [1.807, 2.05) is 36.4 Å². The van der Waals surface area contributed by atoms with Gasteiger partial charge in [-0.3, -0.25) is 4.79 Å². The van der Waals surface area contributed by atoms with Gasteiger partial charge in [0.05, 0.1) is 11.9 Å². The Morgan fingerprint density at radius 1 is 1.08 bits per heavy atom. The molecule has 0 fully saturated rings. The normalized spacial score (nSPS) is 11.2. The van der Waals surface area contributed by atoms with E-state index in [4.69, 9.17) is 23.2 Å². The minimum atomic E-state index is -0.220. The largest absolute Gasteiger partial charge is 0.301 e. The molecule has 130 valence electrons. The van der Waals surface area contributed by atoms with Gasteiger partial charge in [-0.2, -0.15) is 5.10 Å². The summed E-state index contributed by atoms with van der Waals surface area (Å²) < 4.78 is 1.61. The van der Waals surface area contributed by atoms with Crippen molar-refractivity contribution >= 4 is 46.0 Å². The Bertz CT molecular complexity index is 1140. The maximum absolute atomic E-state index is 12.4. The van der Waals surface area contributed by atoms with Crippen LogP contribution in [0.3, 0.4) is 0 Å². The number of benzene rings is 2. The minimum Gasteiger partial charge on any atom is -0.301 e. The quantitative estimate of drug-likeness (QED) is 0.396. The average molecular weight is 403 g/mol. The highest BCUT2D eigenvalue weighted by Gasteiger charge is 2.12. The first kappa shape index (κ1) is 17.1. The van der Waals surface area contributed by atoms with Crippen molar-refractivity contribution in [1.82, 2.24) is 19.7 Å². The van der Waals surface area contributed by atoms with Gasteiger partial charge in [-0.25, -0.2) is 9.67 Å². The lowest BCUT2D eigenvalue weighted by molar-refractivity contribution is 0.873. The van der Waals surface area contributed by atoms with Gasteiger partial charge in [0.25, 0.3) is 5.56 Å². The van der Waals surface area contributed by atoms with E-state index in [2.05, 4.69) is 15.1 Å². The number of aromatic amines is 1. The average Bonchev–Trinajstić information content (AvgIpc) is 3.06. The predicted molar refractivity (Wildman–Crippen MR) is 106 cm³/mol. The molecule has 1 N–H and O–H groups in total. The third-order valence-electron chi connectivity index (χ3n) is 3.76. The summed E-state index contributed by atoms with van der Waals surface area (Å²) in [6.45, 7) is 0. The van der Waals surface area contributed by atoms with E-state index < -0.39 is 0 Å². The molecular weight excluding hydrogens is 391 g/mol. The van der Waals surface area contributed by atoms with E-state index in [1.54, 1.807) is 16.8 Å². The van der Waals surface area contributed by atoms with Crippen molar-refractivity contribution in [1.29, 1.82) is 0 Å². The van der Waals surface area contributed by atoms with Gasteiger partial charge in [-0.15, -0.1) is 0 Å². The third-order valence-corrected chi connectivity index (χ3v) is 5.19. The molecule has 8 heteroatoms. The number of halogens is 2. The summed E-state index contributed by atoms with van der Waals surface area (Å²) in [6.07, 6.45) is 1.51. The molecule has 0 saturated carbocycles. The zero-order valence-corrected chi connectivity index (χ0v) is 15.6. The number of nitrogens with zero attached hydrogens (tertiary/aromatic N) is 3. The lowest BCUT2D eigenvalue weighted by Gasteiger charge is -2.05. The number of H-pyrrole nitrogens is 1. The van der Waals surface area contributed by atoms with Crippen LogP contribution in [0.4, 0.5) is 0 Å². The standard InChI is InChI=1S/C18H12Cl2N4OS/c19-12-6-4-11(5-7-12)10-26-18-22-16-15(17(25)23-18)9-21-24(16)14-3-1-2-13(20)8-14/h1-9H,10H2,(H,22,23,25). The molecule has 0 unspecified atom stereocenters. The lowest BCUT2D eigenvalue weighted by Crippen LogP contribution is -2.09. The topological polar surface area (TPSA) is 63.6 Å². The fraction of sp³-hybridized carbons (Fsp3) is 0.0556. The molecule has 2 aromatic heterocycles. The van der Waals surface area contributed by atoms with Crippen molar-refractivity contribution in [2.24, 2.45) is 0 Å². The number of thioether (sulfide) groups is 1. The van der Waals surface area contributed by atoms with Gasteiger partial charge in [0, 0.05) is 15.8 Å². The van der Waals surface area contributed by atoms with Gasteiger partial charge in [-0.05, 0) is 35.9 Å². The van der Waals surface area contributed by atoms with Crippen LogP contribution in [0.1, 0.15) is 5.56 Å². The number of hydrogen-bond acceptors (Lipinski definition) is 4. The SMILES string of the molecule is O=c1[nH]c(SCc2ccc(Cl)cc2)nc2c1cnn2-c1cccc(Cl)c1. The van der Waals surface area contributed by atoms with Crippen molar-refractivity contribution in [2.45, 2.75) is 10.9 Å². The van der Waals surface area contributed by atoms with Gasteiger partial charge in [-0.1, -0.05) is 53.2 Å². The van der Waals surface area contributed by atoms with Gasteiger partial charge < -0.3 is 4.98 Å². The van der Waals surface area contributed by atoms with Crippen molar-refractivity contribution in [3.63, 3.8) is 0 Å². The van der Waals surface area contributed by atoms with Crippen LogP contribution < -0.4 is 5.56 Å². The summed E-state index contributed by atoms with van der Waals surface area (Å²) >= 11 is 13.4. The number of aromatic nitrogens is 4. The van der Waals surface area contributed by atoms with E-state index in [0.29, 0.717) is 32.0 Å². The number of fused-ring (bicyclic) bond motifs is 1. The van der Waals surface area contributed by atoms with Gasteiger partial charge in [0.1, 0.15) is 5.39 Å². The smallest absolute Gasteiger partial charge is 0.262 e. The van der Waals surface area contributed by atoms with Gasteiger partial charge in [0.15, 0.2) is 10.8 Å². The highest BCUT2D eigenvalue weighted by Crippen LogP contribution is 2.23. The van der Waals surface area contributed by atoms with E-state index in [1.165, 1.54) is 18.0 Å². The van der Waals surface area contributed by atoms with E-state index in [9.17, 15) is 4.79 Å². The van der Waals surface area contributed by atoms with Crippen LogP contribution in [0.2, 0.25) is 10.0 Å². The summed E-state index contributed by atoms with van der Waals surface area (Å²) in [5, 5.41) is 6.53. The summed E-state index contributed by atoms with van der Waals surface area (Å²) in [4.78, 5) is 19.7. The number of nitrogens with one attached hydrogen (secondary N) is 1. The monoisotopic (exact) mass is 402 g/mol. The molecule has 0 saturated heterocycles. The molecule has 0 radical (unpaired) electrons. The molecule has 5 nitrogen and oxygen atoms in total. The molecule has 26 heavy (non-hydrogen) atoms. The maximum Gasteiger partial charge on any atom is 0.262 e. The molecule has 0 spiro atoms. The molecule has 2 heterocycles. The highest BCUT2D eigenvalue weighted by atomic mass is 35.5. The molecule has 0 bridgehead atoms. The Morgan fingerprint density at radius 3 is 2.65 bits per heavy atom. The van der Waals surface area contributed by atoms with Crippen LogP contribution in [0, 0.1) is 0 Å². The molecule has 0 amide bonds. The summed E-state index contributed by atoms with van der Waals surface area (Å²) in [7, 11) is 0. The Labute approximate surface area is 163 Å². The van der Waals surface area contributed by atoms with Gasteiger partial charge in [0.2, 0.25) is 0 Å². The summed E-state index contributed by atoms with van der Waals surface area (Å²) in [6, 6.07) is 14.8. The van der Waals surface area contributed by atoms with Crippen LogP contribution in [0.25, 0.3) is 16.7 Å². The molecule has 0 aliphatic heterocycles. The van der Waals surface area contributed by atoms with Crippen molar-refractivity contribution in [2.75, 3.05) is 0 Å². The second-order valence-electron chi connectivity index (χ2n) is 5.56. The van der Waals surface area contributed by atoms with Crippen LogP contribution in [-0.4, -0.2) is 19.7 Å². The highest BCUT2D eigenvalue weighted by molar-refractivity contribution is 7.98. The number of rotatable bonds is 4. The Balaban J connectivity index is 1.69. The molecule has 4 aromatic rings. The van der Waals surface area contributed by atoms with E-state index in [-0.39, 0.29) is 5.56 Å². The minimum absolute atomic E-state index is 0.220. The zero-order valence-electron chi connectivity index (χ0n) is 13.3. The van der Waals surface area contributed by atoms with Gasteiger partial charge >= 0.3 is 0 Å². The first-order chi connectivity index (χ1) is 12.6. The second kappa shape index (κ2) is 7.15. The van der Waals surface area contributed by atoms with Crippen molar-refractivity contribution < 1.29 is 0 Å². The molecule has 4 rings (SSSR count). The Morgan fingerprint density at radius 2 is 1.88 bits per heavy atom. The second-order valence-corrected chi connectivity index (χ2v) is 7.40. The molecule has 0 aliphatic rings. The fourth-order valence-corrected chi connectivity index (χ4v) is 3.62. The molecule has 2 aromatic carbocycles. The third kappa shape index (κ3) is 3.49. The van der Waals surface area contributed by atoms with Crippen molar-refractivity contribution in [3.05, 3.63) is 80.7 Å². The van der Waals surface area contributed by atoms with Crippen LogP contribution in [0.15, 0.2) is 64.7 Å². The fourth-order valence-electron chi connectivity index (χ4n) is 2.50.